The minimum absolute atomic E-state index is 0.0239. The largest absolute Gasteiger partial charge is 0.389 e. The van der Waals surface area contributed by atoms with E-state index in [0.29, 0.717) is 0 Å². The Kier molecular flexibility index (Phi) is 4.59. The van der Waals surface area contributed by atoms with Crippen LogP contribution in [0.5, 0.6) is 0 Å². The van der Waals surface area contributed by atoms with Gasteiger partial charge in [-0.1, -0.05) is 15.9 Å². The molecular formula is C11H14BrClO2. The lowest BCUT2D eigenvalue weighted by atomic mass is 9.95. The molecule has 0 radical (unpaired) electrons. The molecule has 0 spiro atoms. The summed E-state index contributed by atoms with van der Waals surface area (Å²) < 4.78 is 0.966. The van der Waals surface area contributed by atoms with Crippen LogP contribution in [0.4, 0.5) is 0 Å². The lowest BCUT2D eigenvalue weighted by Gasteiger charge is -2.20. The first kappa shape index (κ1) is 13.0. The Morgan fingerprint density at radius 1 is 1.27 bits per heavy atom. The highest BCUT2D eigenvalue weighted by molar-refractivity contribution is 9.10. The topological polar surface area (TPSA) is 40.5 Å². The summed E-state index contributed by atoms with van der Waals surface area (Å²) in [6, 6.07) is 3.82. The van der Waals surface area contributed by atoms with Crippen molar-refractivity contribution in [2.24, 2.45) is 0 Å². The second kappa shape index (κ2) is 5.30. The third-order valence-corrected chi connectivity index (χ3v) is 3.15. The maximum absolute atomic E-state index is 9.89. The molecule has 0 amide bonds. The Bertz CT molecular complexity index is 331. The molecule has 2 unspecified atom stereocenters. The van der Waals surface area contributed by atoms with E-state index < -0.39 is 12.2 Å². The predicted molar refractivity (Wildman–Crippen MR) is 65.3 cm³/mol. The minimum atomic E-state index is -0.926. The summed E-state index contributed by atoms with van der Waals surface area (Å²) in [4.78, 5) is 0. The summed E-state index contributed by atoms with van der Waals surface area (Å²) >= 11 is 8.89. The van der Waals surface area contributed by atoms with E-state index in [1.807, 2.05) is 26.0 Å². The zero-order chi connectivity index (χ0) is 11.6. The monoisotopic (exact) mass is 292 g/mol. The Morgan fingerprint density at radius 3 is 2.13 bits per heavy atom. The average Bonchev–Trinajstić information content (AvgIpc) is 2.14. The smallest absolute Gasteiger partial charge is 0.107 e. The van der Waals surface area contributed by atoms with Crippen molar-refractivity contribution in [3.8, 4) is 0 Å². The van der Waals surface area contributed by atoms with Crippen LogP contribution in [0.25, 0.3) is 0 Å². The zero-order valence-electron chi connectivity index (χ0n) is 8.67. The van der Waals surface area contributed by atoms with Crippen molar-refractivity contribution in [2.45, 2.75) is 26.1 Å². The number of rotatable bonds is 3. The standard InChI is InChI=1S/C11H14BrClO2/c1-6-3-8(12)4-7(2)10(6)11(15)9(14)5-13/h3-4,9,11,14-15H,5H2,1-2H3. The lowest BCUT2D eigenvalue weighted by molar-refractivity contribution is 0.0319. The Balaban J connectivity index is 3.13. The van der Waals surface area contributed by atoms with Crippen LogP contribution >= 0.6 is 27.5 Å². The third-order valence-electron chi connectivity index (χ3n) is 2.38. The van der Waals surface area contributed by atoms with Gasteiger partial charge in [-0.3, -0.25) is 0 Å². The molecular weight excluding hydrogens is 279 g/mol. The van der Waals surface area contributed by atoms with Crippen LogP contribution in [0.1, 0.15) is 22.8 Å². The molecule has 0 fully saturated rings. The molecule has 84 valence electrons. The molecule has 1 rings (SSSR count). The third kappa shape index (κ3) is 2.94. The van der Waals surface area contributed by atoms with Crippen molar-refractivity contribution >= 4 is 27.5 Å². The molecule has 0 aromatic heterocycles. The Morgan fingerprint density at radius 2 is 1.73 bits per heavy atom. The van der Waals surface area contributed by atoms with Crippen LogP contribution in [0.3, 0.4) is 0 Å². The van der Waals surface area contributed by atoms with Gasteiger partial charge in [0.2, 0.25) is 0 Å². The van der Waals surface area contributed by atoms with Gasteiger partial charge >= 0.3 is 0 Å². The SMILES string of the molecule is Cc1cc(Br)cc(C)c1C(O)C(O)CCl. The van der Waals surface area contributed by atoms with Gasteiger partial charge in [0, 0.05) is 4.47 Å². The van der Waals surface area contributed by atoms with E-state index >= 15 is 0 Å². The lowest BCUT2D eigenvalue weighted by Crippen LogP contribution is -2.21. The van der Waals surface area contributed by atoms with Gasteiger partial charge in [0.05, 0.1) is 12.0 Å². The fourth-order valence-corrected chi connectivity index (χ4v) is 2.52. The van der Waals surface area contributed by atoms with E-state index in [4.69, 9.17) is 11.6 Å². The fraction of sp³-hybridized carbons (Fsp3) is 0.455. The highest BCUT2D eigenvalue weighted by Gasteiger charge is 2.21. The average molecular weight is 294 g/mol. The summed E-state index contributed by atoms with van der Waals surface area (Å²) in [5.41, 5.74) is 2.64. The summed E-state index contributed by atoms with van der Waals surface area (Å²) in [5, 5.41) is 19.4. The Labute approximate surface area is 103 Å². The number of hydrogen-bond acceptors (Lipinski definition) is 2. The molecule has 0 aliphatic carbocycles. The summed E-state index contributed by atoms with van der Waals surface area (Å²) in [5.74, 6) is 0.0239. The molecule has 0 saturated heterocycles. The van der Waals surface area contributed by atoms with E-state index in [1.165, 1.54) is 0 Å². The predicted octanol–water partition coefficient (Wildman–Crippen LogP) is 2.70. The van der Waals surface area contributed by atoms with Crippen LogP contribution in [0.15, 0.2) is 16.6 Å². The normalized spacial score (nSPS) is 15.1. The van der Waals surface area contributed by atoms with Gasteiger partial charge < -0.3 is 10.2 Å². The van der Waals surface area contributed by atoms with E-state index in [1.54, 1.807) is 0 Å². The molecule has 15 heavy (non-hydrogen) atoms. The van der Waals surface area contributed by atoms with Gasteiger partial charge in [-0.15, -0.1) is 11.6 Å². The van der Waals surface area contributed by atoms with Crippen molar-refractivity contribution < 1.29 is 10.2 Å². The summed E-state index contributed by atoms with van der Waals surface area (Å²) in [7, 11) is 0. The van der Waals surface area contributed by atoms with Crippen molar-refractivity contribution in [1.29, 1.82) is 0 Å². The maximum Gasteiger partial charge on any atom is 0.107 e. The molecule has 0 saturated carbocycles. The van der Waals surface area contributed by atoms with Crippen LogP contribution in [-0.4, -0.2) is 22.2 Å². The number of aliphatic hydroxyl groups excluding tert-OH is 2. The van der Waals surface area contributed by atoms with Crippen molar-refractivity contribution in [1.82, 2.24) is 0 Å². The van der Waals surface area contributed by atoms with Gasteiger partial charge in [0.15, 0.2) is 0 Å². The van der Waals surface area contributed by atoms with Crippen molar-refractivity contribution in [2.75, 3.05) is 5.88 Å². The van der Waals surface area contributed by atoms with E-state index in [-0.39, 0.29) is 5.88 Å². The van der Waals surface area contributed by atoms with E-state index in [9.17, 15) is 10.2 Å². The first-order valence-corrected chi connectivity index (χ1v) is 5.99. The van der Waals surface area contributed by atoms with Crippen LogP contribution in [0, 0.1) is 13.8 Å². The fourth-order valence-electron chi connectivity index (χ4n) is 1.67. The first-order valence-electron chi connectivity index (χ1n) is 4.66. The number of halogens is 2. The van der Waals surface area contributed by atoms with Crippen LogP contribution in [-0.2, 0) is 0 Å². The number of benzene rings is 1. The molecule has 0 heterocycles. The van der Waals surface area contributed by atoms with E-state index in [0.717, 1.165) is 21.2 Å². The molecule has 0 aliphatic rings. The van der Waals surface area contributed by atoms with Crippen LogP contribution in [0.2, 0.25) is 0 Å². The highest BCUT2D eigenvalue weighted by atomic mass is 79.9. The maximum atomic E-state index is 9.89. The summed E-state index contributed by atoms with van der Waals surface area (Å²) in [6.07, 6.45) is -1.85. The van der Waals surface area contributed by atoms with Gasteiger partial charge in [-0.2, -0.15) is 0 Å². The number of aliphatic hydroxyl groups is 2. The number of hydrogen-bond donors (Lipinski definition) is 2. The quantitative estimate of drug-likeness (QED) is 0.841. The minimum Gasteiger partial charge on any atom is -0.389 e. The molecule has 1 aromatic rings. The van der Waals surface area contributed by atoms with E-state index in [2.05, 4.69) is 15.9 Å². The molecule has 4 heteroatoms. The zero-order valence-corrected chi connectivity index (χ0v) is 11.0. The molecule has 0 bridgehead atoms. The van der Waals surface area contributed by atoms with Crippen molar-refractivity contribution in [3.05, 3.63) is 33.3 Å². The molecule has 2 atom stereocenters. The second-order valence-corrected chi connectivity index (χ2v) is 4.84. The van der Waals surface area contributed by atoms with Crippen LogP contribution < -0.4 is 0 Å². The molecule has 0 aliphatic heterocycles. The van der Waals surface area contributed by atoms with Gasteiger partial charge in [0.1, 0.15) is 6.10 Å². The molecule has 1 aromatic carbocycles. The van der Waals surface area contributed by atoms with Gasteiger partial charge in [-0.05, 0) is 42.7 Å². The second-order valence-electron chi connectivity index (χ2n) is 3.62. The van der Waals surface area contributed by atoms with Gasteiger partial charge in [0.25, 0.3) is 0 Å². The summed E-state index contributed by atoms with van der Waals surface area (Å²) in [6.45, 7) is 3.80. The Hall–Kier alpha value is -0.0900. The molecule has 2 nitrogen and oxygen atoms in total. The van der Waals surface area contributed by atoms with Gasteiger partial charge in [-0.25, -0.2) is 0 Å². The highest BCUT2D eigenvalue weighted by Crippen LogP contribution is 2.28. The van der Waals surface area contributed by atoms with Crippen molar-refractivity contribution in [3.63, 3.8) is 0 Å². The molecule has 2 N–H and O–H groups in total. The number of alkyl halides is 1. The first-order chi connectivity index (χ1) is 6.97. The number of aryl methyl sites for hydroxylation is 2.